The molecule has 5 nitrogen and oxygen atoms in total. The van der Waals surface area contributed by atoms with Crippen LogP contribution < -0.4 is 0 Å². The van der Waals surface area contributed by atoms with Crippen LogP contribution in [-0.4, -0.2) is 43.8 Å². The molecule has 5 rings (SSSR count). The minimum absolute atomic E-state index is 0.0153. The lowest BCUT2D eigenvalue weighted by atomic mass is 9.48. The van der Waals surface area contributed by atoms with Crippen molar-refractivity contribution in [3.05, 3.63) is 0 Å². The van der Waals surface area contributed by atoms with Crippen LogP contribution in [0.15, 0.2) is 0 Å². The summed E-state index contributed by atoms with van der Waals surface area (Å²) in [6, 6.07) is 0. The van der Waals surface area contributed by atoms with Gasteiger partial charge in [-0.15, -0.1) is 0 Å². The molecule has 5 saturated carbocycles. The van der Waals surface area contributed by atoms with Crippen LogP contribution in [0, 0.1) is 23.2 Å². The van der Waals surface area contributed by atoms with Crippen molar-refractivity contribution >= 4 is 11.9 Å². The number of ether oxygens (including phenoxy) is 3. The van der Waals surface area contributed by atoms with Crippen LogP contribution in [0.3, 0.4) is 0 Å². The standard InChI is InChI=1S/C21H30F2O5/c1-26-16-4-2-15(3-5-16)18(24)28-21-9-13-6-14(10-21)8-20(7-13,11-21)12-27-19(25)17(22)23/h13-17H,2-12H2,1H3. The number of hydrogen-bond acceptors (Lipinski definition) is 5. The predicted molar refractivity (Wildman–Crippen MR) is 95.7 cm³/mol. The predicted octanol–water partition coefficient (Wildman–Crippen LogP) is 3.88. The van der Waals surface area contributed by atoms with E-state index in [4.69, 9.17) is 14.2 Å². The molecular formula is C21H30F2O5. The van der Waals surface area contributed by atoms with Crippen molar-refractivity contribution < 1.29 is 32.6 Å². The van der Waals surface area contributed by atoms with Gasteiger partial charge in [0.1, 0.15) is 5.60 Å². The number of carbonyl (C=O) groups excluding carboxylic acids is 2. The molecule has 0 radical (unpaired) electrons. The molecule has 0 heterocycles. The molecule has 158 valence electrons. The van der Waals surface area contributed by atoms with Gasteiger partial charge in [0.05, 0.1) is 18.6 Å². The number of carbonyl (C=O) groups is 2. The Morgan fingerprint density at radius 3 is 2.25 bits per heavy atom. The van der Waals surface area contributed by atoms with Crippen molar-refractivity contribution in [2.24, 2.45) is 23.2 Å². The normalized spacial score (nSPS) is 41.9. The molecule has 0 spiro atoms. The fourth-order valence-electron chi connectivity index (χ4n) is 6.77. The fraction of sp³-hybridized carbons (Fsp3) is 0.905. The largest absolute Gasteiger partial charge is 0.461 e. The van der Waals surface area contributed by atoms with Gasteiger partial charge >= 0.3 is 18.4 Å². The molecule has 2 atom stereocenters. The summed E-state index contributed by atoms with van der Waals surface area (Å²) >= 11 is 0. The summed E-state index contributed by atoms with van der Waals surface area (Å²) in [5.41, 5.74) is -0.820. The van der Waals surface area contributed by atoms with E-state index >= 15 is 0 Å². The van der Waals surface area contributed by atoms with Crippen molar-refractivity contribution in [2.45, 2.75) is 82.3 Å². The third-order valence-electron chi connectivity index (χ3n) is 7.49. The molecule has 28 heavy (non-hydrogen) atoms. The summed E-state index contributed by atoms with van der Waals surface area (Å²) in [5, 5.41) is 0. The van der Waals surface area contributed by atoms with Gasteiger partial charge in [0.15, 0.2) is 0 Å². The highest BCUT2D eigenvalue weighted by Gasteiger charge is 2.60. The maximum absolute atomic E-state index is 12.9. The van der Waals surface area contributed by atoms with Crippen LogP contribution in [0.2, 0.25) is 0 Å². The van der Waals surface area contributed by atoms with Gasteiger partial charge in [-0.3, -0.25) is 4.79 Å². The molecule has 0 aromatic rings. The van der Waals surface area contributed by atoms with E-state index in [0.717, 1.165) is 57.8 Å². The molecule has 5 aliphatic rings. The number of rotatable bonds is 6. The maximum atomic E-state index is 12.9. The number of hydrogen-bond donors (Lipinski definition) is 0. The second-order valence-corrected chi connectivity index (χ2v) is 9.68. The van der Waals surface area contributed by atoms with Crippen LogP contribution in [0.25, 0.3) is 0 Å². The highest BCUT2D eigenvalue weighted by atomic mass is 19.3. The Kier molecular flexibility index (Phi) is 5.40. The fourth-order valence-corrected chi connectivity index (χ4v) is 6.77. The van der Waals surface area contributed by atoms with E-state index < -0.39 is 18.0 Å². The Morgan fingerprint density at radius 1 is 1.04 bits per heavy atom. The molecule has 0 aromatic carbocycles. The molecule has 0 saturated heterocycles. The number of halogens is 2. The van der Waals surface area contributed by atoms with Gasteiger partial charge in [0.2, 0.25) is 0 Å². The first-order chi connectivity index (χ1) is 13.3. The van der Waals surface area contributed by atoms with Crippen molar-refractivity contribution in [2.75, 3.05) is 13.7 Å². The molecule has 0 amide bonds. The van der Waals surface area contributed by atoms with Gasteiger partial charge in [-0.05, 0) is 76.0 Å². The third-order valence-corrected chi connectivity index (χ3v) is 7.49. The lowest BCUT2D eigenvalue weighted by Crippen LogP contribution is -2.59. The van der Waals surface area contributed by atoms with E-state index in [1.54, 1.807) is 7.11 Å². The lowest BCUT2D eigenvalue weighted by molar-refractivity contribution is -0.215. The van der Waals surface area contributed by atoms with Crippen molar-refractivity contribution in [3.8, 4) is 0 Å². The first-order valence-electron chi connectivity index (χ1n) is 10.5. The minimum atomic E-state index is -3.09. The first-order valence-corrected chi connectivity index (χ1v) is 10.5. The van der Waals surface area contributed by atoms with Crippen LogP contribution in [0.5, 0.6) is 0 Å². The molecule has 5 fully saturated rings. The third kappa shape index (κ3) is 3.91. The summed E-state index contributed by atoms with van der Waals surface area (Å²) in [4.78, 5) is 24.2. The van der Waals surface area contributed by atoms with Crippen molar-refractivity contribution in [1.82, 2.24) is 0 Å². The van der Waals surface area contributed by atoms with E-state index in [9.17, 15) is 18.4 Å². The molecule has 7 heteroatoms. The molecule has 5 aliphatic carbocycles. The topological polar surface area (TPSA) is 61.8 Å². The quantitative estimate of drug-likeness (QED) is 0.633. The van der Waals surface area contributed by atoms with Gasteiger partial charge in [-0.2, -0.15) is 8.78 Å². The molecule has 4 bridgehead atoms. The Bertz CT molecular complexity index is 600. The smallest absolute Gasteiger partial charge is 0.373 e. The second kappa shape index (κ2) is 7.54. The molecule has 0 N–H and O–H groups in total. The van der Waals surface area contributed by atoms with Gasteiger partial charge in [-0.25, -0.2) is 4.79 Å². The Morgan fingerprint density at radius 2 is 1.68 bits per heavy atom. The van der Waals surface area contributed by atoms with Crippen LogP contribution in [0.1, 0.15) is 64.2 Å². The zero-order valence-electron chi connectivity index (χ0n) is 16.5. The molecular weight excluding hydrogens is 370 g/mol. The maximum Gasteiger partial charge on any atom is 0.373 e. The van der Waals surface area contributed by atoms with E-state index in [1.807, 2.05) is 0 Å². The zero-order chi connectivity index (χ0) is 19.9. The summed E-state index contributed by atoms with van der Waals surface area (Å²) in [5.74, 6) is -0.799. The number of alkyl halides is 2. The van der Waals surface area contributed by atoms with Gasteiger partial charge in [-0.1, -0.05) is 0 Å². The van der Waals surface area contributed by atoms with Crippen molar-refractivity contribution in [1.29, 1.82) is 0 Å². The highest BCUT2D eigenvalue weighted by Crippen LogP contribution is 2.63. The van der Waals surface area contributed by atoms with Crippen molar-refractivity contribution in [3.63, 3.8) is 0 Å². The minimum Gasteiger partial charge on any atom is -0.461 e. The summed E-state index contributed by atoms with van der Waals surface area (Å²) in [7, 11) is 1.71. The Hall–Kier alpha value is -1.24. The molecule has 0 aromatic heterocycles. The van der Waals surface area contributed by atoms with Crippen LogP contribution in [0.4, 0.5) is 8.78 Å². The van der Waals surface area contributed by atoms with Gasteiger partial charge < -0.3 is 14.2 Å². The second-order valence-electron chi connectivity index (χ2n) is 9.68. The molecule has 0 aliphatic heterocycles. The number of esters is 2. The average Bonchev–Trinajstić information content (AvgIpc) is 2.64. The highest BCUT2D eigenvalue weighted by molar-refractivity contribution is 5.73. The monoisotopic (exact) mass is 400 g/mol. The Balaban J connectivity index is 1.41. The summed E-state index contributed by atoms with van der Waals surface area (Å²) in [6.07, 6.45) is 5.65. The molecule has 2 unspecified atom stereocenters. The van der Waals surface area contributed by atoms with Gasteiger partial charge in [0.25, 0.3) is 0 Å². The van der Waals surface area contributed by atoms with Crippen LogP contribution >= 0.6 is 0 Å². The summed E-state index contributed by atoms with van der Waals surface area (Å²) < 4.78 is 41.6. The van der Waals surface area contributed by atoms with Gasteiger partial charge in [0, 0.05) is 12.5 Å². The SMILES string of the molecule is COC1CCC(C(=O)OC23CC4CC(CC(COC(=O)C(F)F)(C4)C2)C3)CC1. The van der Waals surface area contributed by atoms with Crippen LogP contribution in [-0.2, 0) is 23.8 Å². The number of methoxy groups -OCH3 is 1. The lowest BCUT2D eigenvalue weighted by Gasteiger charge is -2.61. The van der Waals surface area contributed by atoms with E-state index in [2.05, 4.69) is 0 Å². The van der Waals surface area contributed by atoms with E-state index in [-0.39, 0.29) is 30.0 Å². The summed E-state index contributed by atoms with van der Waals surface area (Å²) in [6.45, 7) is 0.0153. The van der Waals surface area contributed by atoms with E-state index in [1.165, 1.54) is 0 Å². The average molecular weight is 400 g/mol. The zero-order valence-corrected chi connectivity index (χ0v) is 16.5. The Labute approximate surface area is 164 Å². The first kappa shape index (κ1) is 20.0. The van der Waals surface area contributed by atoms with E-state index in [0.29, 0.717) is 18.3 Å².